The topological polar surface area (TPSA) is 18.5 Å². The van der Waals surface area contributed by atoms with Crippen LogP contribution < -0.4 is 10.0 Å². The average Bonchev–Trinajstić information content (AvgIpc) is 2.56. The first kappa shape index (κ1) is 12.7. The van der Waals surface area contributed by atoms with E-state index in [-0.39, 0.29) is 6.10 Å². The van der Waals surface area contributed by atoms with Crippen molar-refractivity contribution in [3.05, 3.63) is 78.1 Å². The molecule has 0 saturated carbocycles. The maximum absolute atomic E-state index is 6.05. The number of allylic oxidation sites excluding steroid dienone is 1. The molecular formula is C18H15O2P. The molecular weight excluding hydrogens is 279 g/mol. The van der Waals surface area contributed by atoms with Crippen LogP contribution in [0, 0.1) is 0 Å². The number of hydrogen-bond donors (Lipinski definition) is 0. The lowest BCUT2D eigenvalue weighted by molar-refractivity contribution is 0.249. The maximum atomic E-state index is 6.05. The van der Waals surface area contributed by atoms with Gasteiger partial charge in [0.2, 0.25) is 0 Å². The zero-order valence-corrected chi connectivity index (χ0v) is 12.5. The van der Waals surface area contributed by atoms with E-state index < -0.39 is 0 Å². The quantitative estimate of drug-likeness (QED) is 0.778. The van der Waals surface area contributed by atoms with Crippen molar-refractivity contribution in [2.75, 3.05) is 0 Å². The Morgan fingerprint density at radius 2 is 1.81 bits per heavy atom. The molecule has 2 unspecified atom stereocenters. The molecule has 0 fully saturated rings. The van der Waals surface area contributed by atoms with Crippen LogP contribution in [-0.4, -0.2) is 6.10 Å². The summed E-state index contributed by atoms with van der Waals surface area (Å²) >= 11 is 0. The summed E-state index contributed by atoms with van der Waals surface area (Å²) in [6, 6.07) is 18.4. The van der Waals surface area contributed by atoms with E-state index in [1.165, 1.54) is 10.9 Å². The van der Waals surface area contributed by atoms with Crippen LogP contribution in [-0.2, 0) is 4.52 Å². The SMILES string of the molecule is C1=C2OPc3ccccc3C2=CC(Oc2ccccc2)C1. The molecule has 0 aromatic heterocycles. The summed E-state index contributed by atoms with van der Waals surface area (Å²) in [6.45, 7) is 0. The first-order chi connectivity index (χ1) is 10.4. The average molecular weight is 294 g/mol. The molecule has 2 atom stereocenters. The summed E-state index contributed by atoms with van der Waals surface area (Å²) in [7, 11) is 0.399. The fraction of sp³-hybridized carbons (Fsp3) is 0.111. The van der Waals surface area contributed by atoms with Gasteiger partial charge in [0.15, 0.2) is 0 Å². The van der Waals surface area contributed by atoms with Gasteiger partial charge in [-0.2, -0.15) is 0 Å². The number of ether oxygens (including phenoxy) is 1. The van der Waals surface area contributed by atoms with Gasteiger partial charge >= 0.3 is 0 Å². The molecule has 21 heavy (non-hydrogen) atoms. The Morgan fingerprint density at radius 3 is 2.71 bits per heavy atom. The van der Waals surface area contributed by atoms with Crippen LogP contribution in [0.1, 0.15) is 12.0 Å². The van der Waals surface area contributed by atoms with Gasteiger partial charge in [0.05, 0.1) is 0 Å². The molecule has 0 amide bonds. The Balaban J connectivity index is 1.65. The predicted molar refractivity (Wildman–Crippen MR) is 87.0 cm³/mol. The monoisotopic (exact) mass is 294 g/mol. The van der Waals surface area contributed by atoms with Crippen molar-refractivity contribution < 1.29 is 9.26 Å². The molecule has 104 valence electrons. The summed E-state index contributed by atoms with van der Waals surface area (Å²) in [5.74, 6) is 1.91. The van der Waals surface area contributed by atoms with Gasteiger partial charge in [-0.1, -0.05) is 42.5 Å². The van der Waals surface area contributed by atoms with E-state index in [2.05, 4.69) is 36.4 Å². The fourth-order valence-electron chi connectivity index (χ4n) is 2.66. The number of benzene rings is 2. The van der Waals surface area contributed by atoms with E-state index in [1.807, 2.05) is 30.3 Å². The first-order valence-electron chi connectivity index (χ1n) is 7.06. The van der Waals surface area contributed by atoms with Gasteiger partial charge in [0.1, 0.15) is 26.4 Å². The lowest BCUT2D eigenvalue weighted by Gasteiger charge is -2.27. The highest BCUT2D eigenvalue weighted by atomic mass is 31.1. The minimum atomic E-state index is 0.0595. The molecule has 0 spiro atoms. The van der Waals surface area contributed by atoms with E-state index in [0.29, 0.717) is 8.81 Å². The first-order valence-corrected chi connectivity index (χ1v) is 7.97. The molecule has 3 heteroatoms. The zero-order chi connectivity index (χ0) is 14.1. The smallest absolute Gasteiger partial charge is 0.127 e. The van der Waals surface area contributed by atoms with Crippen LogP contribution in [0.5, 0.6) is 5.75 Å². The Bertz CT molecular complexity index is 719. The third kappa shape index (κ3) is 2.48. The normalized spacial score (nSPS) is 20.7. The van der Waals surface area contributed by atoms with Crippen molar-refractivity contribution in [3.8, 4) is 5.75 Å². The molecule has 0 bridgehead atoms. The molecule has 2 aromatic rings. The van der Waals surface area contributed by atoms with Crippen molar-refractivity contribution in [3.63, 3.8) is 0 Å². The van der Waals surface area contributed by atoms with Crippen LogP contribution in [0.3, 0.4) is 0 Å². The summed E-state index contributed by atoms with van der Waals surface area (Å²) in [4.78, 5) is 0. The largest absolute Gasteiger partial charge is 0.486 e. The lowest BCUT2D eigenvalue weighted by atomic mass is 9.96. The van der Waals surface area contributed by atoms with Gasteiger partial charge in [0.25, 0.3) is 0 Å². The Morgan fingerprint density at radius 1 is 1.00 bits per heavy atom. The highest BCUT2D eigenvalue weighted by Gasteiger charge is 2.25. The van der Waals surface area contributed by atoms with Crippen LogP contribution in [0.4, 0.5) is 0 Å². The van der Waals surface area contributed by atoms with Crippen LogP contribution in [0.25, 0.3) is 5.57 Å². The standard InChI is InChI=1S/C18H15O2P/c1-2-6-13(7-3-1)19-14-10-11-17-16(12-14)15-8-4-5-9-18(15)21-20-17/h1-9,11-12,14,21H,10H2. The van der Waals surface area contributed by atoms with Crippen molar-refractivity contribution in [2.24, 2.45) is 0 Å². The Labute approximate surface area is 126 Å². The highest BCUT2D eigenvalue weighted by molar-refractivity contribution is 7.42. The second kappa shape index (κ2) is 5.38. The molecule has 1 heterocycles. The molecule has 0 saturated heterocycles. The zero-order valence-electron chi connectivity index (χ0n) is 11.5. The lowest BCUT2D eigenvalue weighted by Crippen LogP contribution is -2.20. The molecule has 2 nitrogen and oxygen atoms in total. The minimum Gasteiger partial charge on any atom is -0.486 e. The second-order valence-electron chi connectivity index (χ2n) is 5.10. The van der Waals surface area contributed by atoms with Gasteiger partial charge in [-0.05, 0) is 29.8 Å². The molecule has 2 aliphatic rings. The van der Waals surface area contributed by atoms with Gasteiger partial charge < -0.3 is 9.26 Å². The second-order valence-corrected chi connectivity index (χ2v) is 6.05. The molecule has 0 radical (unpaired) electrons. The number of fused-ring (bicyclic) bond motifs is 3. The minimum absolute atomic E-state index is 0.0595. The van der Waals surface area contributed by atoms with Gasteiger partial charge in [-0.3, -0.25) is 0 Å². The molecule has 2 aromatic carbocycles. The fourth-order valence-corrected chi connectivity index (χ4v) is 3.57. The summed E-state index contributed by atoms with van der Waals surface area (Å²) in [6.07, 6.45) is 5.24. The van der Waals surface area contributed by atoms with E-state index in [0.717, 1.165) is 23.5 Å². The number of hydrogen-bond acceptors (Lipinski definition) is 2. The molecule has 4 rings (SSSR count). The third-order valence-electron chi connectivity index (χ3n) is 3.67. The van der Waals surface area contributed by atoms with E-state index in [4.69, 9.17) is 9.26 Å². The predicted octanol–water partition coefficient (Wildman–Crippen LogP) is 4.05. The van der Waals surface area contributed by atoms with Gasteiger partial charge in [-0.25, -0.2) is 0 Å². The molecule has 1 aliphatic heterocycles. The van der Waals surface area contributed by atoms with Crippen LogP contribution in [0.15, 0.2) is 72.5 Å². The van der Waals surface area contributed by atoms with Gasteiger partial charge in [-0.15, -0.1) is 0 Å². The van der Waals surface area contributed by atoms with Crippen molar-refractivity contribution in [2.45, 2.75) is 12.5 Å². The van der Waals surface area contributed by atoms with Crippen LogP contribution in [0.2, 0.25) is 0 Å². The molecule has 1 aliphatic carbocycles. The number of rotatable bonds is 2. The van der Waals surface area contributed by atoms with Crippen molar-refractivity contribution in [1.29, 1.82) is 0 Å². The summed E-state index contributed by atoms with van der Waals surface area (Å²) < 4.78 is 11.9. The van der Waals surface area contributed by atoms with Crippen molar-refractivity contribution >= 4 is 19.7 Å². The molecule has 0 N–H and O–H groups in total. The van der Waals surface area contributed by atoms with E-state index in [1.54, 1.807) is 0 Å². The number of para-hydroxylation sites is 1. The summed E-state index contributed by atoms with van der Waals surface area (Å²) in [5, 5.41) is 1.27. The van der Waals surface area contributed by atoms with Gasteiger partial charge in [0, 0.05) is 17.3 Å². The summed E-state index contributed by atoms with van der Waals surface area (Å²) in [5.41, 5.74) is 2.44. The Kier molecular flexibility index (Phi) is 3.25. The van der Waals surface area contributed by atoms with E-state index in [9.17, 15) is 0 Å². The van der Waals surface area contributed by atoms with Crippen LogP contribution >= 0.6 is 8.81 Å². The maximum Gasteiger partial charge on any atom is 0.127 e. The van der Waals surface area contributed by atoms with E-state index >= 15 is 0 Å². The van der Waals surface area contributed by atoms with Crippen molar-refractivity contribution in [1.82, 2.24) is 0 Å². The third-order valence-corrected chi connectivity index (χ3v) is 4.65. The highest BCUT2D eigenvalue weighted by Crippen LogP contribution is 2.39. The Hall–Kier alpha value is -2.05.